The van der Waals surface area contributed by atoms with Crippen molar-refractivity contribution >= 4 is 34.4 Å². The van der Waals surface area contributed by atoms with Crippen LogP contribution in [-0.2, 0) is 20.7 Å². The molecule has 1 N–H and O–H groups in total. The number of hydrogen-bond acceptors (Lipinski definition) is 6. The second-order valence-electron chi connectivity index (χ2n) is 7.34. The molecule has 9 nitrogen and oxygen atoms in total. The van der Waals surface area contributed by atoms with Gasteiger partial charge in [0.25, 0.3) is 11.5 Å². The zero-order valence-electron chi connectivity index (χ0n) is 17.3. The normalized spacial score (nSPS) is 16.2. The van der Waals surface area contributed by atoms with Crippen molar-refractivity contribution in [2.45, 2.75) is 19.4 Å². The number of H-pyrrole nitrogens is 1. The van der Waals surface area contributed by atoms with Gasteiger partial charge < -0.3 is 9.64 Å². The molecular formula is C22H19FN4O5. The number of benzene rings is 2. The maximum Gasteiger partial charge on any atom is 0.332 e. The van der Waals surface area contributed by atoms with E-state index in [0.29, 0.717) is 22.0 Å². The number of hydrogen-bond donors (Lipinski definition) is 1. The molecule has 0 bridgehead atoms. The van der Waals surface area contributed by atoms with Crippen LogP contribution in [0.5, 0.6) is 0 Å². The Hall–Kier alpha value is -4.08. The predicted molar refractivity (Wildman–Crippen MR) is 113 cm³/mol. The number of carbonyl (C=O) groups is 3. The van der Waals surface area contributed by atoms with Gasteiger partial charge in [-0.2, -0.15) is 5.10 Å². The highest BCUT2D eigenvalue weighted by Crippen LogP contribution is 2.29. The number of imide groups is 1. The summed E-state index contributed by atoms with van der Waals surface area (Å²) in [6.45, 7) is 1.04. The van der Waals surface area contributed by atoms with Gasteiger partial charge in [-0.05, 0) is 30.7 Å². The van der Waals surface area contributed by atoms with Crippen LogP contribution in [0.1, 0.15) is 18.2 Å². The number of nitrogens with one attached hydrogen (secondary N) is 1. The van der Waals surface area contributed by atoms with Gasteiger partial charge >= 0.3 is 12.0 Å². The minimum Gasteiger partial charge on any atom is -0.468 e. The van der Waals surface area contributed by atoms with E-state index in [1.165, 1.54) is 26.2 Å². The zero-order chi connectivity index (χ0) is 23.0. The minimum atomic E-state index is -0.950. The van der Waals surface area contributed by atoms with Crippen molar-refractivity contribution in [1.82, 2.24) is 15.1 Å². The Morgan fingerprint density at radius 3 is 2.59 bits per heavy atom. The highest BCUT2D eigenvalue weighted by Gasteiger charge is 2.45. The predicted octanol–water partition coefficient (Wildman–Crippen LogP) is 1.98. The molecule has 1 unspecified atom stereocenters. The molecule has 2 aromatic carbocycles. The number of methoxy groups -OCH3 is 1. The topological polar surface area (TPSA) is 113 Å². The summed E-state index contributed by atoms with van der Waals surface area (Å²) in [5.74, 6) is -2.10. The Morgan fingerprint density at radius 1 is 1.16 bits per heavy atom. The van der Waals surface area contributed by atoms with Gasteiger partial charge in [0.1, 0.15) is 18.4 Å². The monoisotopic (exact) mass is 438 g/mol. The van der Waals surface area contributed by atoms with E-state index in [9.17, 15) is 23.6 Å². The van der Waals surface area contributed by atoms with Crippen molar-refractivity contribution in [2.24, 2.45) is 0 Å². The molecule has 4 rings (SSSR count). The van der Waals surface area contributed by atoms with Crippen LogP contribution in [0, 0.1) is 5.82 Å². The lowest BCUT2D eigenvalue weighted by Crippen LogP contribution is -2.38. The average molecular weight is 438 g/mol. The Kier molecular flexibility index (Phi) is 5.43. The van der Waals surface area contributed by atoms with E-state index in [1.54, 1.807) is 24.3 Å². The third-order valence-electron chi connectivity index (χ3n) is 5.41. The Morgan fingerprint density at radius 2 is 1.88 bits per heavy atom. The molecule has 32 heavy (non-hydrogen) atoms. The number of ether oxygens (including phenoxy) is 1. The molecule has 1 aliphatic rings. The van der Waals surface area contributed by atoms with Gasteiger partial charge in [-0.3, -0.25) is 14.4 Å². The number of rotatable bonds is 5. The van der Waals surface area contributed by atoms with Crippen LogP contribution in [-0.4, -0.2) is 52.7 Å². The van der Waals surface area contributed by atoms with Crippen LogP contribution in [0.4, 0.5) is 14.9 Å². The summed E-state index contributed by atoms with van der Waals surface area (Å²) >= 11 is 0. The van der Waals surface area contributed by atoms with Gasteiger partial charge in [-0.1, -0.05) is 24.3 Å². The smallest absolute Gasteiger partial charge is 0.332 e. The lowest BCUT2D eigenvalue weighted by atomic mass is 10.0. The SMILES string of the molecule is COC(=O)CN1C(=O)N(c2cc(Cc3n[nH]c(=O)c4ccccc34)ccc2F)C(=O)C1C. The molecule has 0 spiro atoms. The number of amides is 3. The number of fused-ring (bicyclic) bond motifs is 1. The average Bonchev–Trinajstić information content (AvgIpc) is 3.00. The molecule has 1 saturated heterocycles. The number of aromatic amines is 1. The number of urea groups is 1. The Bertz CT molecular complexity index is 1300. The standard InChI is InChI=1S/C22H19FN4O5/c1-12-21(30)27(22(31)26(12)11-19(28)32-2)18-10-13(7-8-16(18)23)9-17-14-5-3-4-6-15(14)20(29)25-24-17/h3-8,10,12H,9,11H2,1-2H3,(H,25,29). The lowest BCUT2D eigenvalue weighted by molar-refractivity contribution is -0.141. The molecule has 3 aromatic rings. The van der Waals surface area contributed by atoms with E-state index in [1.807, 2.05) is 0 Å². The Labute approximate surface area is 181 Å². The summed E-state index contributed by atoms with van der Waals surface area (Å²) in [5, 5.41) is 7.67. The number of halogens is 1. The number of esters is 1. The molecule has 3 amide bonds. The summed E-state index contributed by atoms with van der Waals surface area (Å²) in [5.41, 5.74) is 0.589. The molecule has 1 fully saturated rings. The molecule has 0 aliphatic carbocycles. The van der Waals surface area contributed by atoms with E-state index >= 15 is 0 Å². The second kappa shape index (κ2) is 8.22. The first-order valence-corrected chi connectivity index (χ1v) is 9.78. The van der Waals surface area contributed by atoms with E-state index in [0.717, 1.165) is 15.9 Å². The summed E-state index contributed by atoms with van der Waals surface area (Å²) in [7, 11) is 1.17. The molecule has 1 aromatic heterocycles. The van der Waals surface area contributed by atoms with Crippen molar-refractivity contribution in [1.29, 1.82) is 0 Å². The van der Waals surface area contributed by atoms with Crippen molar-refractivity contribution in [3.05, 3.63) is 69.9 Å². The van der Waals surface area contributed by atoms with Crippen LogP contribution in [0.2, 0.25) is 0 Å². The summed E-state index contributed by atoms with van der Waals surface area (Å²) in [6, 6.07) is 9.26. The van der Waals surface area contributed by atoms with Gasteiger partial charge in [0.05, 0.1) is 23.9 Å². The molecule has 2 heterocycles. The van der Waals surface area contributed by atoms with Crippen molar-refractivity contribution < 1.29 is 23.5 Å². The Balaban J connectivity index is 1.69. The highest BCUT2D eigenvalue weighted by molar-refractivity contribution is 6.21. The van der Waals surface area contributed by atoms with E-state index in [2.05, 4.69) is 14.9 Å². The molecule has 10 heteroatoms. The minimum absolute atomic E-state index is 0.217. The largest absolute Gasteiger partial charge is 0.468 e. The van der Waals surface area contributed by atoms with Crippen LogP contribution in [0.15, 0.2) is 47.3 Å². The van der Waals surface area contributed by atoms with Crippen molar-refractivity contribution in [3.63, 3.8) is 0 Å². The summed E-state index contributed by atoms with van der Waals surface area (Å²) in [4.78, 5) is 50.9. The van der Waals surface area contributed by atoms with E-state index in [-0.39, 0.29) is 17.7 Å². The van der Waals surface area contributed by atoms with Crippen LogP contribution in [0.3, 0.4) is 0 Å². The second-order valence-corrected chi connectivity index (χ2v) is 7.34. The molecule has 1 aliphatic heterocycles. The summed E-state index contributed by atoms with van der Waals surface area (Å²) in [6.07, 6.45) is 0.224. The fraction of sp³-hybridized carbons (Fsp3) is 0.227. The first-order valence-electron chi connectivity index (χ1n) is 9.78. The van der Waals surface area contributed by atoms with Crippen molar-refractivity contribution in [2.75, 3.05) is 18.6 Å². The van der Waals surface area contributed by atoms with Crippen LogP contribution < -0.4 is 10.5 Å². The molecular weight excluding hydrogens is 419 g/mol. The molecule has 164 valence electrons. The first kappa shape index (κ1) is 21.2. The summed E-state index contributed by atoms with van der Waals surface area (Å²) < 4.78 is 19.2. The number of anilines is 1. The maximum absolute atomic E-state index is 14.7. The fourth-order valence-electron chi connectivity index (χ4n) is 3.68. The van der Waals surface area contributed by atoms with Gasteiger partial charge in [0.15, 0.2) is 0 Å². The van der Waals surface area contributed by atoms with Gasteiger partial charge in [0, 0.05) is 11.8 Å². The number of carbonyl (C=O) groups excluding carboxylic acids is 3. The van der Waals surface area contributed by atoms with Gasteiger partial charge in [-0.15, -0.1) is 0 Å². The van der Waals surface area contributed by atoms with E-state index in [4.69, 9.17) is 0 Å². The number of aromatic nitrogens is 2. The maximum atomic E-state index is 14.7. The van der Waals surface area contributed by atoms with Crippen LogP contribution in [0.25, 0.3) is 10.8 Å². The molecule has 0 saturated carbocycles. The van der Waals surface area contributed by atoms with Gasteiger partial charge in [-0.25, -0.2) is 19.2 Å². The lowest BCUT2D eigenvalue weighted by Gasteiger charge is -2.18. The van der Waals surface area contributed by atoms with Crippen LogP contribution >= 0.6 is 0 Å². The zero-order valence-corrected chi connectivity index (χ0v) is 17.3. The van der Waals surface area contributed by atoms with E-state index < -0.39 is 36.3 Å². The number of nitrogens with zero attached hydrogens (tertiary/aromatic N) is 3. The van der Waals surface area contributed by atoms with Gasteiger partial charge in [0.2, 0.25) is 0 Å². The third kappa shape index (κ3) is 3.59. The van der Waals surface area contributed by atoms with Crippen molar-refractivity contribution in [3.8, 4) is 0 Å². The molecule has 0 radical (unpaired) electrons. The third-order valence-corrected chi connectivity index (χ3v) is 5.41. The highest BCUT2D eigenvalue weighted by atomic mass is 19.1. The molecule has 1 atom stereocenters. The fourth-order valence-corrected chi connectivity index (χ4v) is 3.68. The quantitative estimate of drug-likeness (QED) is 0.482. The first-order chi connectivity index (χ1) is 15.3.